The Hall–Kier alpha value is -4.11. The van der Waals surface area contributed by atoms with Crippen molar-refractivity contribution >= 4 is 23.1 Å². The molecule has 0 spiro atoms. The van der Waals surface area contributed by atoms with E-state index in [4.69, 9.17) is 10.5 Å². The summed E-state index contributed by atoms with van der Waals surface area (Å²) in [6, 6.07) is 16.4. The quantitative estimate of drug-likeness (QED) is 0.687. The Morgan fingerprint density at radius 3 is 2.00 bits per heavy atom. The molecule has 0 saturated heterocycles. The van der Waals surface area contributed by atoms with E-state index < -0.39 is 17.6 Å². The fraction of sp³-hybridized carbons (Fsp3) is 0.100. The molecule has 2 aromatic carbocycles. The normalized spacial score (nSPS) is 10.7. The predicted molar refractivity (Wildman–Crippen MR) is 101 cm³/mol. The first kappa shape index (κ1) is 19.6. The van der Waals surface area contributed by atoms with Crippen LogP contribution in [-0.2, 0) is 6.18 Å². The smallest absolute Gasteiger partial charge is 0.340 e. The number of nitrogens with zero attached hydrogens (tertiary/aromatic N) is 5. The highest BCUT2D eigenvalue weighted by atomic mass is 19.4. The van der Waals surface area contributed by atoms with E-state index in [1.54, 1.807) is 31.3 Å². The van der Waals surface area contributed by atoms with Crippen LogP contribution in [0.1, 0.15) is 16.7 Å². The Bertz CT molecular complexity index is 1090. The van der Waals surface area contributed by atoms with E-state index in [-0.39, 0.29) is 5.95 Å². The summed E-state index contributed by atoms with van der Waals surface area (Å²) in [5, 5.41) is 20.4. The monoisotopic (exact) mass is 394 g/mol. The van der Waals surface area contributed by atoms with Gasteiger partial charge < -0.3 is 10.2 Å². The van der Waals surface area contributed by atoms with E-state index in [9.17, 15) is 13.2 Å². The maximum atomic E-state index is 13.4. The van der Waals surface area contributed by atoms with Gasteiger partial charge in [0.25, 0.3) is 0 Å². The molecule has 0 saturated carbocycles. The zero-order valence-electron chi connectivity index (χ0n) is 15.1. The van der Waals surface area contributed by atoms with Gasteiger partial charge >= 0.3 is 6.18 Å². The van der Waals surface area contributed by atoms with Crippen LogP contribution in [0, 0.1) is 22.7 Å². The van der Waals surface area contributed by atoms with Crippen molar-refractivity contribution in [1.29, 1.82) is 10.5 Å². The van der Waals surface area contributed by atoms with Crippen molar-refractivity contribution in [3.05, 3.63) is 71.4 Å². The molecular formula is C20H13F3N6. The van der Waals surface area contributed by atoms with E-state index in [0.717, 1.165) is 0 Å². The largest absolute Gasteiger partial charge is 0.421 e. The van der Waals surface area contributed by atoms with Gasteiger partial charge in [-0.2, -0.15) is 28.7 Å². The Morgan fingerprint density at radius 1 is 0.931 bits per heavy atom. The minimum atomic E-state index is -4.65. The average molecular weight is 394 g/mol. The molecule has 9 heteroatoms. The lowest BCUT2D eigenvalue weighted by molar-refractivity contribution is -0.137. The van der Waals surface area contributed by atoms with Gasteiger partial charge in [-0.25, -0.2) is 4.98 Å². The fourth-order valence-corrected chi connectivity index (χ4v) is 2.48. The molecular weight excluding hydrogens is 381 g/mol. The standard InChI is InChI=1S/C20H13F3N6/c1-29(16-8-4-14(11-25)5-9-16)19-26-12-17(20(21,22)23)18(28-19)27-15-6-2-13(10-24)3-7-15/h2-9,12H,1H3,(H,26,27,28). The molecule has 0 bridgehead atoms. The zero-order chi connectivity index (χ0) is 21.0. The molecule has 1 aromatic heterocycles. The number of benzene rings is 2. The van der Waals surface area contributed by atoms with Gasteiger partial charge in [0.15, 0.2) is 0 Å². The molecule has 0 atom stereocenters. The number of hydrogen-bond donors (Lipinski definition) is 1. The van der Waals surface area contributed by atoms with Crippen LogP contribution in [0.2, 0.25) is 0 Å². The number of hydrogen-bond acceptors (Lipinski definition) is 6. The lowest BCUT2D eigenvalue weighted by Crippen LogP contribution is -2.17. The highest BCUT2D eigenvalue weighted by molar-refractivity contribution is 5.64. The molecule has 3 aromatic rings. The first-order chi connectivity index (χ1) is 13.8. The number of nitrogens with one attached hydrogen (secondary N) is 1. The zero-order valence-corrected chi connectivity index (χ0v) is 15.1. The van der Waals surface area contributed by atoms with Gasteiger partial charge in [0.1, 0.15) is 11.4 Å². The van der Waals surface area contributed by atoms with Gasteiger partial charge in [0.05, 0.1) is 23.3 Å². The van der Waals surface area contributed by atoms with Crippen molar-refractivity contribution < 1.29 is 13.2 Å². The number of rotatable bonds is 4. The van der Waals surface area contributed by atoms with Gasteiger partial charge in [-0.1, -0.05) is 0 Å². The second kappa shape index (κ2) is 7.87. The Labute approximate surface area is 164 Å². The summed E-state index contributed by atoms with van der Waals surface area (Å²) in [6.07, 6.45) is -3.94. The highest BCUT2D eigenvalue weighted by Gasteiger charge is 2.35. The number of anilines is 4. The van der Waals surface area contributed by atoms with Crippen LogP contribution < -0.4 is 10.2 Å². The number of nitriles is 2. The summed E-state index contributed by atoms with van der Waals surface area (Å²) in [5.41, 5.74) is 0.779. The molecule has 1 heterocycles. The second-order valence-corrected chi connectivity index (χ2v) is 5.96. The molecule has 0 aliphatic rings. The van der Waals surface area contributed by atoms with Crippen molar-refractivity contribution in [3.63, 3.8) is 0 Å². The average Bonchev–Trinajstić information content (AvgIpc) is 2.73. The first-order valence-corrected chi connectivity index (χ1v) is 8.27. The Balaban J connectivity index is 1.98. The van der Waals surface area contributed by atoms with Crippen LogP contribution in [0.3, 0.4) is 0 Å². The van der Waals surface area contributed by atoms with Gasteiger partial charge in [0.2, 0.25) is 5.95 Å². The topological polar surface area (TPSA) is 88.6 Å². The van der Waals surface area contributed by atoms with Crippen molar-refractivity contribution in [3.8, 4) is 12.1 Å². The van der Waals surface area contributed by atoms with E-state index in [1.165, 1.54) is 29.2 Å². The summed E-state index contributed by atoms with van der Waals surface area (Å²) in [7, 11) is 1.61. The Morgan fingerprint density at radius 2 is 1.48 bits per heavy atom. The molecule has 6 nitrogen and oxygen atoms in total. The minimum absolute atomic E-state index is 0.0406. The van der Waals surface area contributed by atoms with Gasteiger partial charge in [-0.05, 0) is 48.5 Å². The number of alkyl halides is 3. The third-order valence-electron chi connectivity index (χ3n) is 4.04. The van der Waals surface area contributed by atoms with Crippen LogP contribution in [0.5, 0.6) is 0 Å². The number of aromatic nitrogens is 2. The van der Waals surface area contributed by atoms with Crippen molar-refractivity contribution in [2.75, 3.05) is 17.3 Å². The predicted octanol–water partition coefficient (Wildman–Crippen LogP) is 4.75. The highest BCUT2D eigenvalue weighted by Crippen LogP contribution is 2.36. The number of halogens is 3. The molecule has 0 fully saturated rings. The molecule has 144 valence electrons. The summed E-state index contributed by atoms with van der Waals surface area (Å²) in [4.78, 5) is 9.40. The fourth-order valence-electron chi connectivity index (χ4n) is 2.48. The Kier molecular flexibility index (Phi) is 5.33. The summed E-state index contributed by atoms with van der Waals surface area (Å²) in [5.74, 6) is -0.369. The molecule has 0 aliphatic carbocycles. The van der Waals surface area contributed by atoms with E-state index in [2.05, 4.69) is 15.3 Å². The summed E-state index contributed by atoms with van der Waals surface area (Å²) < 4.78 is 40.2. The molecule has 0 radical (unpaired) electrons. The molecule has 1 N–H and O–H groups in total. The van der Waals surface area contributed by atoms with E-state index in [0.29, 0.717) is 28.7 Å². The minimum Gasteiger partial charge on any atom is -0.340 e. The third-order valence-corrected chi connectivity index (χ3v) is 4.04. The van der Waals surface area contributed by atoms with Crippen LogP contribution in [0.4, 0.5) is 36.3 Å². The van der Waals surface area contributed by atoms with E-state index in [1.807, 2.05) is 12.1 Å². The lowest BCUT2D eigenvalue weighted by Gasteiger charge is -2.20. The van der Waals surface area contributed by atoms with Crippen LogP contribution in [0.15, 0.2) is 54.7 Å². The molecule has 0 amide bonds. The summed E-state index contributed by atoms with van der Waals surface area (Å²) in [6.45, 7) is 0. The maximum absolute atomic E-state index is 13.4. The molecule has 0 unspecified atom stereocenters. The van der Waals surface area contributed by atoms with Crippen molar-refractivity contribution in [2.24, 2.45) is 0 Å². The van der Waals surface area contributed by atoms with Gasteiger partial charge in [0, 0.05) is 24.6 Å². The van der Waals surface area contributed by atoms with Crippen LogP contribution >= 0.6 is 0 Å². The summed E-state index contributed by atoms with van der Waals surface area (Å²) >= 11 is 0. The van der Waals surface area contributed by atoms with Gasteiger partial charge in [-0.15, -0.1) is 0 Å². The molecule has 0 aliphatic heterocycles. The van der Waals surface area contributed by atoms with Gasteiger partial charge in [-0.3, -0.25) is 0 Å². The van der Waals surface area contributed by atoms with Crippen LogP contribution in [-0.4, -0.2) is 17.0 Å². The third kappa shape index (κ3) is 4.42. The van der Waals surface area contributed by atoms with E-state index >= 15 is 0 Å². The SMILES string of the molecule is CN(c1ccc(C#N)cc1)c1ncc(C(F)(F)F)c(Nc2ccc(C#N)cc2)n1. The lowest BCUT2D eigenvalue weighted by atomic mass is 10.2. The second-order valence-electron chi connectivity index (χ2n) is 5.96. The molecule has 3 rings (SSSR count). The van der Waals surface area contributed by atoms with Crippen molar-refractivity contribution in [1.82, 2.24) is 9.97 Å². The van der Waals surface area contributed by atoms with Crippen molar-refractivity contribution in [2.45, 2.75) is 6.18 Å². The van der Waals surface area contributed by atoms with Crippen LogP contribution in [0.25, 0.3) is 0 Å². The first-order valence-electron chi connectivity index (χ1n) is 8.27. The maximum Gasteiger partial charge on any atom is 0.421 e. The molecule has 29 heavy (non-hydrogen) atoms.